The third-order valence-electron chi connectivity index (χ3n) is 8.30. The van der Waals surface area contributed by atoms with E-state index in [-0.39, 0.29) is 29.6 Å². The first-order valence-electron chi connectivity index (χ1n) is 14.0. The Morgan fingerprint density at radius 3 is 2.20 bits per heavy atom. The molecule has 0 spiro atoms. The van der Waals surface area contributed by atoms with Gasteiger partial charge in [-0.15, -0.1) is 0 Å². The molecule has 0 saturated carbocycles. The molecule has 1 aliphatic heterocycles. The maximum atomic E-state index is 13.9. The number of aliphatic hydroxyl groups excluding tert-OH is 1. The number of nitrogens with one attached hydrogen (secondary N) is 2. The fourth-order valence-electron chi connectivity index (χ4n) is 5.29. The number of phenols is 1. The van der Waals surface area contributed by atoms with Gasteiger partial charge in [0.2, 0.25) is 17.7 Å². The highest BCUT2D eigenvalue weighted by molar-refractivity contribution is 6.00. The number of hydrogen-bond acceptors (Lipinski definition) is 6. The summed E-state index contributed by atoms with van der Waals surface area (Å²) in [7, 11) is 3.10. The summed E-state index contributed by atoms with van der Waals surface area (Å²) in [6, 6.07) is 11.4. The van der Waals surface area contributed by atoms with Crippen LogP contribution in [0, 0.1) is 11.8 Å². The fraction of sp³-hybridized carbons (Fsp3) is 0.484. The summed E-state index contributed by atoms with van der Waals surface area (Å²) in [6.07, 6.45) is -0.450. The van der Waals surface area contributed by atoms with Gasteiger partial charge in [-0.25, -0.2) is 0 Å². The first-order valence-corrected chi connectivity index (χ1v) is 14.0. The smallest absolute Gasteiger partial charge is 0.255 e. The monoisotopic (exact) mass is 566 g/mol. The summed E-state index contributed by atoms with van der Waals surface area (Å²) >= 11 is 0. The highest BCUT2D eigenvalue weighted by atomic mass is 16.3. The fourth-order valence-corrected chi connectivity index (χ4v) is 5.29. The lowest BCUT2D eigenvalue weighted by Gasteiger charge is -2.41. The Bertz CT molecular complexity index is 1240. The van der Waals surface area contributed by atoms with Crippen LogP contribution in [0.4, 0.5) is 0 Å². The van der Waals surface area contributed by atoms with E-state index in [1.54, 1.807) is 40.1 Å². The quantitative estimate of drug-likeness (QED) is 0.422. The van der Waals surface area contributed by atoms with Gasteiger partial charge in [0, 0.05) is 14.1 Å². The number of carbonyl (C=O) groups excluding carboxylic acids is 4. The number of aliphatic hydroxyl groups is 1. The lowest BCUT2D eigenvalue weighted by Crippen LogP contribution is -2.64. The Labute approximate surface area is 241 Å². The van der Waals surface area contributed by atoms with E-state index in [1.807, 2.05) is 44.2 Å². The second kappa shape index (κ2) is 13.6. The van der Waals surface area contributed by atoms with Crippen LogP contribution in [0.15, 0.2) is 54.6 Å². The molecule has 2 aromatic rings. The van der Waals surface area contributed by atoms with E-state index >= 15 is 0 Å². The molecule has 1 heterocycles. The molecule has 222 valence electrons. The molecular weight excluding hydrogens is 524 g/mol. The molecule has 41 heavy (non-hydrogen) atoms. The number of para-hydroxylation sites is 1. The van der Waals surface area contributed by atoms with Crippen LogP contribution < -0.4 is 10.6 Å². The van der Waals surface area contributed by atoms with Gasteiger partial charge in [-0.05, 0) is 37.0 Å². The van der Waals surface area contributed by atoms with Crippen LogP contribution in [0.1, 0.15) is 50.0 Å². The van der Waals surface area contributed by atoms with Crippen LogP contribution in [0.3, 0.4) is 0 Å². The number of phenolic OH excluding ortho intramolecular Hbond substituents is 1. The van der Waals surface area contributed by atoms with Crippen molar-refractivity contribution in [3.63, 3.8) is 0 Å². The topological polar surface area (TPSA) is 139 Å². The Morgan fingerprint density at radius 2 is 1.59 bits per heavy atom. The minimum Gasteiger partial charge on any atom is -0.507 e. The van der Waals surface area contributed by atoms with Crippen LogP contribution in [-0.4, -0.2) is 88.0 Å². The summed E-state index contributed by atoms with van der Waals surface area (Å²) in [5, 5.41) is 27.3. The van der Waals surface area contributed by atoms with Crippen LogP contribution >= 0.6 is 0 Å². The number of amides is 4. The van der Waals surface area contributed by atoms with Crippen LogP contribution in [0.5, 0.6) is 5.75 Å². The molecule has 4 amide bonds. The lowest BCUT2D eigenvalue weighted by atomic mass is 9.89. The second-order valence-corrected chi connectivity index (χ2v) is 11.0. The Balaban J connectivity index is 2.09. The van der Waals surface area contributed by atoms with E-state index < -0.39 is 53.9 Å². The molecule has 3 rings (SSSR count). The van der Waals surface area contributed by atoms with Crippen molar-refractivity contribution in [3.8, 4) is 5.75 Å². The first kappa shape index (κ1) is 31.6. The average Bonchev–Trinajstić information content (AvgIpc) is 2.97. The minimum absolute atomic E-state index is 0.0232. The Kier molecular flexibility index (Phi) is 10.5. The molecule has 0 aliphatic carbocycles. The zero-order chi connectivity index (χ0) is 30.4. The third-order valence-corrected chi connectivity index (χ3v) is 8.30. The Hall–Kier alpha value is -3.92. The van der Waals surface area contributed by atoms with Gasteiger partial charge in [0.25, 0.3) is 5.91 Å². The van der Waals surface area contributed by atoms with Crippen molar-refractivity contribution >= 4 is 23.6 Å². The summed E-state index contributed by atoms with van der Waals surface area (Å²) in [5.41, 5.74) is 0.814. The van der Waals surface area contributed by atoms with Crippen LogP contribution in [0.2, 0.25) is 0 Å². The van der Waals surface area contributed by atoms with E-state index in [2.05, 4.69) is 10.6 Å². The van der Waals surface area contributed by atoms with E-state index in [4.69, 9.17) is 0 Å². The van der Waals surface area contributed by atoms with Crippen LogP contribution in [-0.2, 0) is 20.8 Å². The third kappa shape index (κ3) is 7.05. The molecule has 0 bridgehead atoms. The van der Waals surface area contributed by atoms with Gasteiger partial charge in [-0.1, -0.05) is 69.7 Å². The van der Waals surface area contributed by atoms with E-state index in [0.29, 0.717) is 6.42 Å². The predicted octanol–water partition coefficient (Wildman–Crippen LogP) is 1.95. The highest BCUT2D eigenvalue weighted by Gasteiger charge is 2.43. The molecule has 7 atom stereocenters. The molecule has 10 heteroatoms. The molecule has 2 aromatic carbocycles. The van der Waals surface area contributed by atoms with Crippen LogP contribution in [0.25, 0.3) is 0 Å². The number of nitrogens with zero attached hydrogens (tertiary/aromatic N) is 2. The largest absolute Gasteiger partial charge is 0.507 e. The van der Waals surface area contributed by atoms with Gasteiger partial charge in [0.1, 0.15) is 17.8 Å². The maximum Gasteiger partial charge on any atom is 0.255 e. The van der Waals surface area contributed by atoms with Gasteiger partial charge in [0.05, 0.1) is 29.7 Å². The van der Waals surface area contributed by atoms with Gasteiger partial charge < -0.3 is 30.6 Å². The molecule has 1 fully saturated rings. The van der Waals surface area contributed by atoms with Gasteiger partial charge in [-0.3, -0.25) is 19.2 Å². The average molecular weight is 567 g/mol. The molecule has 0 aromatic heterocycles. The van der Waals surface area contributed by atoms with Gasteiger partial charge >= 0.3 is 0 Å². The normalized spacial score (nSPS) is 27.0. The first-order chi connectivity index (χ1) is 19.4. The van der Waals surface area contributed by atoms with E-state index in [0.717, 1.165) is 5.56 Å². The maximum absolute atomic E-state index is 13.9. The predicted molar refractivity (Wildman–Crippen MR) is 155 cm³/mol. The van der Waals surface area contributed by atoms with Crippen molar-refractivity contribution in [3.05, 3.63) is 65.7 Å². The number of likely N-dealkylation sites (N-methyl/N-ethyl adjacent to an activating group) is 2. The lowest BCUT2D eigenvalue weighted by molar-refractivity contribution is -0.153. The zero-order valence-corrected chi connectivity index (χ0v) is 24.6. The highest BCUT2D eigenvalue weighted by Crippen LogP contribution is 2.24. The summed E-state index contributed by atoms with van der Waals surface area (Å²) < 4.78 is 0. The molecule has 1 aliphatic rings. The summed E-state index contributed by atoms with van der Waals surface area (Å²) in [6.45, 7) is 7.02. The molecule has 1 saturated heterocycles. The van der Waals surface area contributed by atoms with Gasteiger partial charge in [0.15, 0.2) is 0 Å². The summed E-state index contributed by atoms with van der Waals surface area (Å²) in [4.78, 5) is 57.4. The van der Waals surface area contributed by atoms with Crippen molar-refractivity contribution in [1.29, 1.82) is 0 Å². The number of hydrogen-bond donors (Lipinski definition) is 4. The minimum atomic E-state index is -1.29. The molecule has 10 nitrogen and oxygen atoms in total. The van der Waals surface area contributed by atoms with Crippen molar-refractivity contribution in [1.82, 2.24) is 20.4 Å². The number of aromatic hydroxyl groups is 1. The number of benzene rings is 2. The standard InChI is InChI=1S/C31H42N4O6/c1-7-18(2)26-31(41)34(5)20(4)25(33-28(38)22-15-11-12-16-24(22)36)29(39)32-23(17-21-13-9-8-10-14-21)27(37)19(3)30(40)35(26)6/h8-16,18-20,23,25-27,36-37H,7,17H2,1-6H3,(H,32,39)(H,33,38)/t18?,19-,20-,23+,25+,26?,27+/m1/s1. The number of rotatable bonds is 6. The van der Waals surface area contributed by atoms with Crippen molar-refractivity contribution in [2.45, 2.75) is 70.8 Å². The van der Waals surface area contributed by atoms with Crippen molar-refractivity contribution < 1.29 is 29.4 Å². The molecular formula is C31H42N4O6. The van der Waals surface area contributed by atoms with Crippen molar-refractivity contribution in [2.75, 3.05) is 14.1 Å². The number of carbonyl (C=O) groups is 4. The zero-order valence-electron chi connectivity index (χ0n) is 24.6. The van der Waals surface area contributed by atoms with Gasteiger partial charge in [-0.2, -0.15) is 0 Å². The molecule has 0 radical (unpaired) electrons. The molecule has 2 unspecified atom stereocenters. The Morgan fingerprint density at radius 1 is 0.976 bits per heavy atom. The SMILES string of the molecule is CCC(C)C1C(=O)N(C)[C@H](C)[C@H](NC(=O)c2ccccc2O)C(=O)N[C@@H](Cc2ccccc2)[C@@H](O)[C@@H](C)C(=O)N1C. The van der Waals surface area contributed by atoms with Crippen molar-refractivity contribution in [2.24, 2.45) is 11.8 Å². The molecule has 4 N–H and O–H groups in total. The second-order valence-electron chi connectivity index (χ2n) is 11.0. The van der Waals surface area contributed by atoms with E-state index in [1.165, 1.54) is 21.9 Å². The van der Waals surface area contributed by atoms with E-state index in [9.17, 15) is 29.4 Å². The summed E-state index contributed by atoms with van der Waals surface area (Å²) in [5.74, 6) is -3.53.